The molecule has 4 rings (SSSR count). The molecule has 3 aromatic rings. The number of rotatable bonds is 4. The van der Waals surface area contributed by atoms with Crippen molar-refractivity contribution in [1.82, 2.24) is 25.1 Å². The molecule has 1 saturated heterocycles. The van der Waals surface area contributed by atoms with Gasteiger partial charge in [-0.1, -0.05) is 0 Å². The van der Waals surface area contributed by atoms with E-state index in [9.17, 15) is 18.0 Å². The zero-order valence-electron chi connectivity index (χ0n) is 14.7. The molecule has 0 bridgehead atoms. The van der Waals surface area contributed by atoms with E-state index < -0.39 is 12.0 Å². The molecule has 148 valence electrons. The lowest BCUT2D eigenvalue weighted by molar-refractivity contribution is -0.146. The van der Waals surface area contributed by atoms with Gasteiger partial charge in [0.05, 0.1) is 18.7 Å². The molecule has 1 N–H and O–H groups in total. The van der Waals surface area contributed by atoms with Gasteiger partial charge in [-0.2, -0.15) is 17.7 Å². The van der Waals surface area contributed by atoms with Gasteiger partial charge in [-0.15, -0.1) is 15.3 Å². The van der Waals surface area contributed by atoms with Crippen LogP contribution in [0.1, 0.15) is 24.4 Å². The number of hydrogen-bond acceptors (Lipinski definition) is 6. The van der Waals surface area contributed by atoms with Gasteiger partial charge in [-0.25, -0.2) is 0 Å². The predicted molar refractivity (Wildman–Crippen MR) is 91.3 cm³/mol. The number of nitrogens with one attached hydrogen (secondary N) is 1. The quantitative estimate of drug-likeness (QED) is 0.730. The maximum atomic E-state index is 13.1. The monoisotopic (exact) mass is 394 g/mol. The van der Waals surface area contributed by atoms with Gasteiger partial charge in [0.15, 0.2) is 5.65 Å². The highest BCUT2D eigenvalue weighted by atomic mass is 19.4. The SMILES string of the molecule is O=C(NCc1ccco1)[C@@H]1CCCN(c2ccc3nnc(C(F)(F)F)n3n2)C1. The third-order valence-electron chi connectivity index (χ3n) is 4.64. The Morgan fingerprint density at radius 1 is 1.29 bits per heavy atom. The molecule has 0 unspecified atom stereocenters. The van der Waals surface area contributed by atoms with Crippen LogP contribution in [-0.2, 0) is 17.5 Å². The number of alkyl halides is 3. The molecule has 1 aliphatic rings. The van der Waals surface area contributed by atoms with E-state index in [1.807, 2.05) is 0 Å². The van der Waals surface area contributed by atoms with Crippen molar-refractivity contribution >= 4 is 17.4 Å². The van der Waals surface area contributed by atoms with Gasteiger partial charge < -0.3 is 14.6 Å². The van der Waals surface area contributed by atoms with E-state index in [2.05, 4.69) is 20.6 Å². The molecule has 11 heteroatoms. The van der Waals surface area contributed by atoms with Crippen molar-refractivity contribution in [3.05, 3.63) is 42.1 Å². The minimum absolute atomic E-state index is 0.0147. The van der Waals surface area contributed by atoms with E-state index in [0.29, 0.717) is 42.1 Å². The van der Waals surface area contributed by atoms with Crippen molar-refractivity contribution in [2.45, 2.75) is 25.6 Å². The van der Waals surface area contributed by atoms with Crippen LogP contribution in [0.15, 0.2) is 34.9 Å². The molecule has 1 fully saturated rings. The summed E-state index contributed by atoms with van der Waals surface area (Å²) in [7, 11) is 0. The Balaban J connectivity index is 1.48. The summed E-state index contributed by atoms with van der Waals surface area (Å²) >= 11 is 0. The molecule has 0 aromatic carbocycles. The average Bonchev–Trinajstić information content (AvgIpc) is 3.34. The Bertz CT molecular complexity index is 969. The highest BCUT2D eigenvalue weighted by Crippen LogP contribution is 2.28. The molecule has 28 heavy (non-hydrogen) atoms. The lowest BCUT2D eigenvalue weighted by Gasteiger charge is -2.32. The van der Waals surface area contributed by atoms with E-state index >= 15 is 0 Å². The van der Waals surface area contributed by atoms with E-state index in [0.717, 1.165) is 6.42 Å². The molecule has 0 radical (unpaired) electrons. The minimum atomic E-state index is -4.65. The first-order valence-corrected chi connectivity index (χ1v) is 8.76. The summed E-state index contributed by atoms with van der Waals surface area (Å²) in [4.78, 5) is 14.3. The average molecular weight is 394 g/mol. The fourth-order valence-electron chi connectivity index (χ4n) is 3.26. The van der Waals surface area contributed by atoms with E-state index in [1.165, 1.54) is 12.3 Å². The van der Waals surface area contributed by atoms with Crippen LogP contribution < -0.4 is 10.2 Å². The molecule has 1 atom stereocenters. The molecule has 8 nitrogen and oxygen atoms in total. The number of carbonyl (C=O) groups is 1. The summed E-state index contributed by atoms with van der Waals surface area (Å²) in [5, 5.41) is 13.6. The number of piperidine rings is 1. The first-order chi connectivity index (χ1) is 13.4. The number of anilines is 1. The number of furan rings is 1. The van der Waals surface area contributed by atoms with Crippen molar-refractivity contribution in [2.24, 2.45) is 5.92 Å². The van der Waals surface area contributed by atoms with E-state index in [4.69, 9.17) is 4.42 Å². The first-order valence-electron chi connectivity index (χ1n) is 8.76. The van der Waals surface area contributed by atoms with E-state index in [-0.39, 0.29) is 17.5 Å². The molecule has 0 aliphatic carbocycles. The molecule has 0 saturated carbocycles. The van der Waals surface area contributed by atoms with Gasteiger partial charge in [0.2, 0.25) is 5.91 Å². The number of fused-ring (bicyclic) bond motifs is 1. The second-order valence-electron chi connectivity index (χ2n) is 6.57. The molecular weight excluding hydrogens is 377 g/mol. The Kier molecular flexibility index (Phi) is 4.65. The van der Waals surface area contributed by atoms with Crippen LogP contribution in [0.4, 0.5) is 19.0 Å². The van der Waals surface area contributed by atoms with Gasteiger partial charge >= 0.3 is 6.18 Å². The number of nitrogens with zero attached hydrogens (tertiary/aromatic N) is 5. The third-order valence-corrected chi connectivity index (χ3v) is 4.64. The standard InChI is InChI=1S/C17H17F3N6O2/c18-17(19,20)16-23-22-13-5-6-14(24-26(13)16)25-7-1-3-11(10-25)15(27)21-9-12-4-2-8-28-12/h2,4-6,8,11H,1,3,7,9-10H2,(H,21,27)/t11-/m1/s1. The largest absolute Gasteiger partial charge is 0.467 e. The summed E-state index contributed by atoms with van der Waals surface area (Å²) in [5.74, 6) is -0.581. The second-order valence-corrected chi connectivity index (χ2v) is 6.57. The fourth-order valence-corrected chi connectivity index (χ4v) is 3.26. The van der Waals surface area contributed by atoms with Crippen LogP contribution in [0.25, 0.3) is 5.65 Å². The second kappa shape index (κ2) is 7.13. The first kappa shape index (κ1) is 18.3. The number of halogens is 3. The van der Waals surface area contributed by atoms with Crippen LogP contribution in [0, 0.1) is 5.92 Å². The van der Waals surface area contributed by atoms with Gasteiger partial charge in [-0.05, 0) is 37.1 Å². The molecule has 3 aromatic heterocycles. The van der Waals surface area contributed by atoms with Gasteiger partial charge in [0.25, 0.3) is 5.82 Å². The van der Waals surface area contributed by atoms with Crippen LogP contribution in [0.5, 0.6) is 0 Å². The van der Waals surface area contributed by atoms with E-state index in [1.54, 1.807) is 23.1 Å². The Morgan fingerprint density at radius 2 is 2.14 bits per heavy atom. The number of hydrogen-bond donors (Lipinski definition) is 1. The van der Waals surface area contributed by atoms with Crippen LogP contribution in [0.2, 0.25) is 0 Å². The summed E-state index contributed by atoms with van der Waals surface area (Å²) in [6, 6.07) is 6.54. The minimum Gasteiger partial charge on any atom is -0.467 e. The molecule has 1 aliphatic heterocycles. The fraction of sp³-hybridized carbons (Fsp3) is 0.412. The molecule has 4 heterocycles. The molecular formula is C17H17F3N6O2. The summed E-state index contributed by atoms with van der Waals surface area (Å²) in [6.45, 7) is 1.26. The number of amides is 1. The lowest BCUT2D eigenvalue weighted by atomic mass is 9.97. The van der Waals surface area contributed by atoms with Gasteiger partial charge in [0, 0.05) is 13.1 Å². The smallest absolute Gasteiger partial charge is 0.453 e. The van der Waals surface area contributed by atoms with Crippen LogP contribution in [-0.4, -0.2) is 38.8 Å². The third kappa shape index (κ3) is 3.64. The predicted octanol–water partition coefficient (Wildman–Crippen LogP) is 2.27. The van der Waals surface area contributed by atoms with Crippen molar-refractivity contribution < 1.29 is 22.4 Å². The molecule has 1 amide bonds. The summed E-state index contributed by atoms with van der Waals surface area (Å²) < 4.78 is 45.1. The highest BCUT2D eigenvalue weighted by Gasteiger charge is 2.38. The maximum absolute atomic E-state index is 13.1. The number of aromatic nitrogens is 4. The topological polar surface area (TPSA) is 88.6 Å². The summed E-state index contributed by atoms with van der Waals surface area (Å²) in [5.41, 5.74) is 0.0147. The van der Waals surface area contributed by atoms with Gasteiger partial charge in [0.1, 0.15) is 11.6 Å². The highest BCUT2D eigenvalue weighted by molar-refractivity contribution is 5.79. The summed E-state index contributed by atoms with van der Waals surface area (Å²) in [6.07, 6.45) is -1.69. The van der Waals surface area contributed by atoms with Crippen molar-refractivity contribution in [2.75, 3.05) is 18.0 Å². The van der Waals surface area contributed by atoms with Crippen molar-refractivity contribution in [3.8, 4) is 0 Å². The lowest BCUT2D eigenvalue weighted by Crippen LogP contribution is -2.43. The van der Waals surface area contributed by atoms with Crippen molar-refractivity contribution in [1.29, 1.82) is 0 Å². The normalized spacial score (nSPS) is 17.8. The Labute approximate surface area is 157 Å². The number of carbonyl (C=O) groups excluding carboxylic acids is 1. The Hall–Kier alpha value is -3.11. The van der Waals surface area contributed by atoms with Gasteiger partial charge in [-0.3, -0.25) is 4.79 Å². The van der Waals surface area contributed by atoms with Crippen LogP contribution >= 0.6 is 0 Å². The van der Waals surface area contributed by atoms with Crippen LogP contribution in [0.3, 0.4) is 0 Å². The zero-order chi connectivity index (χ0) is 19.7. The molecule has 0 spiro atoms. The Morgan fingerprint density at radius 3 is 2.89 bits per heavy atom. The van der Waals surface area contributed by atoms with Crippen molar-refractivity contribution in [3.63, 3.8) is 0 Å². The zero-order valence-corrected chi connectivity index (χ0v) is 14.7. The maximum Gasteiger partial charge on any atom is 0.453 e.